The van der Waals surface area contributed by atoms with Gasteiger partial charge in [0.15, 0.2) is 0 Å². The van der Waals surface area contributed by atoms with Crippen molar-refractivity contribution < 1.29 is 0 Å². The van der Waals surface area contributed by atoms with E-state index in [2.05, 4.69) is 12.2 Å². The van der Waals surface area contributed by atoms with Gasteiger partial charge in [-0.15, -0.1) is 12.4 Å². The van der Waals surface area contributed by atoms with Gasteiger partial charge >= 0.3 is 0 Å². The van der Waals surface area contributed by atoms with Crippen LogP contribution in [-0.4, -0.2) is 6.04 Å². The van der Waals surface area contributed by atoms with Gasteiger partial charge in [-0.1, -0.05) is 18.6 Å². The highest BCUT2D eigenvalue weighted by Crippen LogP contribution is 2.32. The van der Waals surface area contributed by atoms with Crippen LogP contribution < -0.4 is 5.73 Å². The van der Waals surface area contributed by atoms with E-state index in [1.54, 1.807) is 0 Å². The highest BCUT2D eigenvalue weighted by atomic mass is 35.5. The minimum Gasteiger partial charge on any atom is -0.327 e. The first-order valence-corrected chi connectivity index (χ1v) is 4.30. The third-order valence-corrected chi connectivity index (χ3v) is 2.87. The van der Waals surface area contributed by atoms with Crippen LogP contribution in [0.4, 0.5) is 0 Å². The quantitative estimate of drug-likeness (QED) is 0.558. The molecule has 0 spiro atoms. The van der Waals surface area contributed by atoms with Crippen LogP contribution in [0.5, 0.6) is 0 Å². The van der Waals surface area contributed by atoms with Crippen molar-refractivity contribution in [2.75, 3.05) is 0 Å². The zero-order valence-corrected chi connectivity index (χ0v) is 7.52. The number of rotatable bonds is 0. The fraction of sp³-hybridized carbons (Fsp3) is 0.778. The van der Waals surface area contributed by atoms with Gasteiger partial charge in [0.2, 0.25) is 0 Å². The molecule has 0 aromatic rings. The van der Waals surface area contributed by atoms with E-state index in [-0.39, 0.29) is 12.4 Å². The van der Waals surface area contributed by atoms with Gasteiger partial charge in [0.25, 0.3) is 0 Å². The van der Waals surface area contributed by atoms with E-state index in [0.717, 1.165) is 5.92 Å². The Labute approximate surface area is 74.5 Å². The summed E-state index contributed by atoms with van der Waals surface area (Å²) < 4.78 is 0. The van der Waals surface area contributed by atoms with Crippen molar-refractivity contribution in [1.82, 2.24) is 0 Å². The summed E-state index contributed by atoms with van der Waals surface area (Å²) in [6.45, 7) is 0. The fourth-order valence-corrected chi connectivity index (χ4v) is 2.19. The number of fused-ring (bicyclic) bond motifs is 3. The van der Waals surface area contributed by atoms with Crippen LogP contribution >= 0.6 is 12.4 Å². The average molecular weight is 174 g/mol. The molecule has 0 aromatic heterocycles. The third-order valence-electron chi connectivity index (χ3n) is 2.87. The molecule has 11 heavy (non-hydrogen) atoms. The first-order valence-electron chi connectivity index (χ1n) is 4.30. The van der Waals surface area contributed by atoms with E-state index < -0.39 is 0 Å². The summed E-state index contributed by atoms with van der Waals surface area (Å²) in [5, 5.41) is 0. The lowest BCUT2D eigenvalue weighted by Gasteiger charge is -2.23. The molecule has 3 aliphatic rings. The Morgan fingerprint density at radius 1 is 1.18 bits per heavy atom. The van der Waals surface area contributed by atoms with E-state index in [1.807, 2.05) is 0 Å². The summed E-state index contributed by atoms with van der Waals surface area (Å²) in [6, 6.07) is 0.470. The predicted molar refractivity (Wildman–Crippen MR) is 49.8 cm³/mol. The van der Waals surface area contributed by atoms with E-state index in [4.69, 9.17) is 5.73 Å². The van der Waals surface area contributed by atoms with Crippen molar-refractivity contribution in [3.63, 3.8) is 0 Å². The Balaban J connectivity index is 0.000000605. The van der Waals surface area contributed by atoms with Crippen LogP contribution in [0.2, 0.25) is 0 Å². The van der Waals surface area contributed by atoms with E-state index in [0.29, 0.717) is 12.0 Å². The van der Waals surface area contributed by atoms with Gasteiger partial charge in [-0.2, -0.15) is 0 Å². The maximum absolute atomic E-state index is 5.97. The molecule has 0 heterocycles. The lowest BCUT2D eigenvalue weighted by Crippen LogP contribution is -2.31. The molecule has 2 heteroatoms. The van der Waals surface area contributed by atoms with Crippen molar-refractivity contribution in [2.24, 2.45) is 17.6 Å². The van der Waals surface area contributed by atoms with Gasteiger partial charge in [0.05, 0.1) is 0 Å². The number of hydrogen-bond donors (Lipinski definition) is 1. The summed E-state index contributed by atoms with van der Waals surface area (Å²) >= 11 is 0. The Bertz CT molecular complexity index is 156. The third kappa shape index (κ3) is 1.77. The van der Waals surface area contributed by atoms with Gasteiger partial charge < -0.3 is 5.73 Å². The first-order chi connectivity index (χ1) is 4.86. The second kappa shape index (κ2) is 3.59. The smallest absolute Gasteiger partial charge is 0.0107 e. The molecule has 2 bridgehead atoms. The molecule has 0 aromatic carbocycles. The monoisotopic (exact) mass is 173 g/mol. The van der Waals surface area contributed by atoms with E-state index in [9.17, 15) is 0 Å². The van der Waals surface area contributed by atoms with Crippen LogP contribution in [0.1, 0.15) is 25.7 Å². The molecule has 2 N–H and O–H groups in total. The molecule has 3 unspecified atom stereocenters. The molecule has 64 valence electrons. The molecule has 1 saturated carbocycles. The standard InChI is InChI=1S/C9H15N.ClH/c10-9-6-7-2-1-3-8(9)5-4-7;/h4-5,7-9H,1-3,6,10H2;1H. The Morgan fingerprint density at radius 3 is 2.73 bits per heavy atom. The highest BCUT2D eigenvalue weighted by molar-refractivity contribution is 5.85. The molecule has 3 rings (SSSR count). The van der Waals surface area contributed by atoms with Gasteiger partial charge in [-0.3, -0.25) is 0 Å². The molecule has 3 aliphatic carbocycles. The second-order valence-corrected chi connectivity index (χ2v) is 3.64. The van der Waals surface area contributed by atoms with Gasteiger partial charge in [0, 0.05) is 6.04 Å². The topological polar surface area (TPSA) is 26.0 Å². The van der Waals surface area contributed by atoms with Gasteiger partial charge in [0.1, 0.15) is 0 Å². The van der Waals surface area contributed by atoms with Crippen LogP contribution in [-0.2, 0) is 0 Å². The summed E-state index contributed by atoms with van der Waals surface area (Å²) in [5.74, 6) is 1.52. The van der Waals surface area contributed by atoms with Crippen LogP contribution in [0.15, 0.2) is 12.2 Å². The molecule has 0 aliphatic heterocycles. The molecule has 3 atom stereocenters. The number of hydrogen-bond acceptors (Lipinski definition) is 1. The molecule has 0 amide bonds. The molecule has 0 saturated heterocycles. The maximum Gasteiger partial charge on any atom is 0.0107 e. The summed E-state index contributed by atoms with van der Waals surface area (Å²) in [7, 11) is 0. The van der Waals surface area contributed by atoms with E-state index >= 15 is 0 Å². The second-order valence-electron chi connectivity index (χ2n) is 3.64. The number of nitrogens with two attached hydrogens (primary N) is 1. The Hall–Kier alpha value is -0.0100. The fourth-order valence-electron chi connectivity index (χ4n) is 2.19. The molecular formula is C9H16ClN. The van der Waals surface area contributed by atoms with Crippen LogP contribution in [0.3, 0.4) is 0 Å². The van der Waals surface area contributed by atoms with Crippen molar-refractivity contribution in [3.05, 3.63) is 12.2 Å². The molecule has 1 fully saturated rings. The highest BCUT2D eigenvalue weighted by Gasteiger charge is 2.26. The molecule has 1 nitrogen and oxygen atoms in total. The maximum atomic E-state index is 5.97. The lowest BCUT2D eigenvalue weighted by molar-refractivity contribution is 0.427. The largest absolute Gasteiger partial charge is 0.327 e. The number of allylic oxidation sites excluding steroid dienone is 1. The van der Waals surface area contributed by atoms with Crippen molar-refractivity contribution in [1.29, 1.82) is 0 Å². The zero-order chi connectivity index (χ0) is 6.97. The van der Waals surface area contributed by atoms with Crippen LogP contribution in [0, 0.1) is 11.8 Å². The number of halogens is 1. The predicted octanol–water partition coefficient (Wildman–Crippen LogP) is 2.11. The van der Waals surface area contributed by atoms with Crippen molar-refractivity contribution in [2.45, 2.75) is 31.7 Å². The SMILES string of the molecule is Cl.NC1CC2C=CC1CCC2. The minimum atomic E-state index is 0. The summed E-state index contributed by atoms with van der Waals surface area (Å²) in [6.07, 6.45) is 10.0. The van der Waals surface area contributed by atoms with Gasteiger partial charge in [-0.25, -0.2) is 0 Å². The Morgan fingerprint density at radius 2 is 2.00 bits per heavy atom. The Kier molecular flexibility index (Phi) is 2.97. The van der Waals surface area contributed by atoms with Gasteiger partial charge in [-0.05, 0) is 31.1 Å². The van der Waals surface area contributed by atoms with Crippen LogP contribution in [0.25, 0.3) is 0 Å². The first kappa shape index (κ1) is 9.08. The summed E-state index contributed by atoms with van der Waals surface area (Å²) in [5.41, 5.74) is 5.97. The average Bonchev–Trinajstić information content (AvgIpc) is 2.20. The van der Waals surface area contributed by atoms with Crippen molar-refractivity contribution in [3.8, 4) is 0 Å². The molecule has 0 radical (unpaired) electrons. The lowest BCUT2D eigenvalue weighted by atomic mass is 9.87. The van der Waals surface area contributed by atoms with E-state index in [1.165, 1.54) is 25.7 Å². The minimum absolute atomic E-state index is 0. The molecular weight excluding hydrogens is 158 g/mol. The zero-order valence-electron chi connectivity index (χ0n) is 6.70. The normalized spacial score (nSPS) is 41.4. The van der Waals surface area contributed by atoms with Crippen molar-refractivity contribution >= 4 is 12.4 Å². The summed E-state index contributed by atoms with van der Waals surface area (Å²) in [4.78, 5) is 0.